The minimum Gasteiger partial charge on any atom is -0.369 e. The summed E-state index contributed by atoms with van der Waals surface area (Å²) in [5.41, 5.74) is 9.71. The van der Waals surface area contributed by atoms with Crippen molar-refractivity contribution in [2.24, 2.45) is 18.7 Å². The third kappa shape index (κ3) is 1.75. The van der Waals surface area contributed by atoms with E-state index in [1.165, 1.54) is 22.0 Å². The largest absolute Gasteiger partial charge is 0.369 e. The Balaban J connectivity index is 1.87. The van der Waals surface area contributed by atoms with Crippen LogP contribution < -0.4 is 5.73 Å². The van der Waals surface area contributed by atoms with Crippen molar-refractivity contribution in [1.82, 2.24) is 9.47 Å². The first-order valence-corrected chi connectivity index (χ1v) is 7.62. The van der Waals surface area contributed by atoms with Crippen LogP contribution in [0.25, 0.3) is 10.9 Å². The fraction of sp³-hybridized carbons (Fsp3) is 0.471. The zero-order chi connectivity index (χ0) is 14.7. The number of hydrogen-bond donors (Lipinski definition) is 1. The second-order valence-corrected chi connectivity index (χ2v) is 6.66. The van der Waals surface area contributed by atoms with Gasteiger partial charge in [-0.05, 0) is 37.1 Å². The number of carbonyl (C=O) groups excluding carboxylic acids is 1. The quantitative estimate of drug-likeness (QED) is 0.864. The lowest BCUT2D eigenvalue weighted by molar-refractivity contribution is -0.124. The molecule has 4 rings (SSSR count). The molecule has 1 aromatic heterocycles. The summed E-state index contributed by atoms with van der Waals surface area (Å²) in [6.07, 6.45) is 4.22. The first kappa shape index (κ1) is 12.9. The number of hydrogen-bond acceptors (Lipinski definition) is 2. The highest BCUT2D eigenvalue weighted by atomic mass is 16.1. The molecule has 1 aromatic carbocycles. The molecule has 0 radical (unpaired) electrons. The predicted molar refractivity (Wildman–Crippen MR) is 83.1 cm³/mol. The highest BCUT2D eigenvalue weighted by molar-refractivity contribution is 5.89. The Labute approximate surface area is 124 Å². The number of benzene rings is 1. The van der Waals surface area contributed by atoms with Gasteiger partial charge in [0.15, 0.2) is 0 Å². The van der Waals surface area contributed by atoms with Crippen molar-refractivity contribution in [2.45, 2.75) is 24.8 Å². The van der Waals surface area contributed by atoms with Crippen molar-refractivity contribution in [2.75, 3.05) is 13.6 Å². The SMILES string of the molecule is CN1C[C@H](C(N)=O)C[C@@H]2c3cccc4c3c(cn4C)C[C@H]21. The number of nitrogens with two attached hydrogens (primary N) is 1. The molecular formula is C17H21N3O. The first-order chi connectivity index (χ1) is 10.1. The van der Waals surface area contributed by atoms with E-state index < -0.39 is 0 Å². The molecule has 1 aliphatic heterocycles. The van der Waals surface area contributed by atoms with Crippen LogP contribution >= 0.6 is 0 Å². The van der Waals surface area contributed by atoms with E-state index in [-0.39, 0.29) is 11.8 Å². The average Bonchev–Trinajstić information content (AvgIpc) is 2.78. The molecule has 110 valence electrons. The van der Waals surface area contributed by atoms with Gasteiger partial charge in [-0.2, -0.15) is 0 Å². The number of fused-ring (bicyclic) bond motifs is 2. The van der Waals surface area contributed by atoms with E-state index in [0.29, 0.717) is 12.0 Å². The number of carbonyl (C=O) groups is 1. The Kier molecular flexibility index (Phi) is 2.67. The van der Waals surface area contributed by atoms with E-state index in [4.69, 9.17) is 5.73 Å². The molecule has 3 atom stereocenters. The summed E-state index contributed by atoms with van der Waals surface area (Å²) in [5, 5.41) is 1.40. The third-order valence-electron chi connectivity index (χ3n) is 5.43. The second kappa shape index (κ2) is 4.34. The molecule has 0 spiro atoms. The van der Waals surface area contributed by atoms with E-state index in [2.05, 4.69) is 48.0 Å². The van der Waals surface area contributed by atoms with Crippen molar-refractivity contribution < 1.29 is 4.79 Å². The lowest BCUT2D eigenvalue weighted by Crippen LogP contribution is -2.50. The van der Waals surface area contributed by atoms with E-state index in [1.54, 1.807) is 0 Å². The molecule has 2 aromatic rings. The number of aryl methyl sites for hydroxylation is 1. The maximum Gasteiger partial charge on any atom is 0.221 e. The molecule has 1 fully saturated rings. The summed E-state index contributed by atoms with van der Waals surface area (Å²) in [7, 11) is 4.24. The number of primary amides is 1. The van der Waals surface area contributed by atoms with Gasteiger partial charge in [-0.3, -0.25) is 4.79 Å². The number of amides is 1. The topological polar surface area (TPSA) is 51.3 Å². The molecule has 0 saturated carbocycles. The average molecular weight is 283 g/mol. The highest BCUT2D eigenvalue weighted by Gasteiger charge is 2.40. The number of nitrogens with zero attached hydrogens (tertiary/aromatic N) is 2. The summed E-state index contributed by atoms with van der Waals surface area (Å²) < 4.78 is 2.22. The van der Waals surface area contributed by atoms with Crippen LogP contribution in [-0.4, -0.2) is 35.0 Å². The molecule has 0 unspecified atom stereocenters. The van der Waals surface area contributed by atoms with Crippen LogP contribution in [-0.2, 0) is 18.3 Å². The fourth-order valence-corrected chi connectivity index (χ4v) is 4.43. The van der Waals surface area contributed by atoms with Crippen LogP contribution in [0.1, 0.15) is 23.5 Å². The normalized spacial score (nSPS) is 28.6. The predicted octanol–water partition coefficient (Wildman–Crippen LogP) is 1.62. The first-order valence-electron chi connectivity index (χ1n) is 7.62. The fourth-order valence-electron chi connectivity index (χ4n) is 4.43. The number of likely N-dealkylation sites (N-methyl/N-ethyl adjacent to an activating group) is 1. The van der Waals surface area contributed by atoms with E-state index >= 15 is 0 Å². The Morgan fingerprint density at radius 3 is 2.90 bits per heavy atom. The number of piperidine rings is 1. The van der Waals surface area contributed by atoms with Crippen LogP contribution in [0.4, 0.5) is 0 Å². The standard InChI is InChI=1S/C17H21N3O/c1-19-8-10-7-15-13(6-11(17(18)21)9-20(15)2)12-4-3-5-14(19)16(10)12/h3-5,8,11,13,15H,6-7,9H2,1-2H3,(H2,18,21)/t11-,13-,15-/m1/s1. The number of likely N-dealkylation sites (tertiary alicyclic amines) is 1. The molecule has 4 nitrogen and oxygen atoms in total. The third-order valence-corrected chi connectivity index (χ3v) is 5.43. The highest BCUT2D eigenvalue weighted by Crippen LogP contribution is 2.44. The smallest absolute Gasteiger partial charge is 0.221 e. The van der Waals surface area contributed by atoms with Crippen LogP contribution in [0, 0.1) is 5.92 Å². The summed E-state index contributed by atoms with van der Waals surface area (Å²) >= 11 is 0. The van der Waals surface area contributed by atoms with Crippen molar-refractivity contribution in [1.29, 1.82) is 0 Å². The Morgan fingerprint density at radius 1 is 1.33 bits per heavy atom. The lowest BCUT2D eigenvalue weighted by atomic mass is 9.72. The van der Waals surface area contributed by atoms with E-state index in [1.807, 2.05) is 0 Å². The summed E-state index contributed by atoms with van der Waals surface area (Å²) in [4.78, 5) is 14.0. The van der Waals surface area contributed by atoms with Gasteiger partial charge < -0.3 is 15.2 Å². The molecule has 21 heavy (non-hydrogen) atoms. The maximum atomic E-state index is 11.7. The zero-order valence-corrected chi connectivity index (χ0v) is 12.5. The molecule has 1 amide bonds. The molecule has 4 heteroatoms. The monoisotopic (exact) mass is 283 g/mol. The molecule has 1 aliphatic carbocycles. The van der Waals surface area contributed by atoms with Crippen LogP contribution in [0.2, 0.25) is 0 Å². The minimum atomic E-state index is -0.161. The van der Waals surface area contributed by atoms with Gasteiger partial charge in [-0.15, -0.1) is 0 Å². The summed E-state index contributed by atoms with van der Waals surface area (Å²) in [5.74, 6) is 0.225. The molecule has 0 bridgehead atoms. The summed E-state index contributed by atoms with van der Waals surface area (Å²) in [6.45, 7) is 0.786. The van der Waals surface area contributed by atoms with Crippen LogP contribution in [0.3, 0.4) is 0 Å². The number of aromatic nitrogens is 1. The van der Waals surface area contributed by atoms with Gasteiger partial charge in [0.05, 0.1) is 5.92 Å². The molecule has 2 heterocycles. The van der Waals surface area contributed by atoms with Gasteiger partial charge >= 0.3 is 0 Å². The lowest BCUT2D eigenvalue weighted by Gasteiger charge is -2.44. The van der Waals surface area contributed by atoms with Gasteiger partial charge in [0.25, 0.3) is 0 Å². The van der Waals surface area contributed by atoms with Crippen LogP contribution in [0.5, 0.6) is 0 Å². The van der Waals surface area contributed by atoms with Crippen molar-refractivity contribution >= 4 is 16.8 Å². The molecule has 2 aliphatic rings. The maximum absolute atomic E-state index is 11.7. The zero-order valence-electron chi connectivity index (χ0n) is 12.5. The van der Waals surface area contributed by atoms with Crippen molar-refractivity contribution in [3.8, 4) is 0 Å². The van der Waals surface area contributed by atoms with E-state index in [0.717, 1.165) is 19.4 Å². The van der Waals surface area contributed by atoms with Gasteiger partial charge in [0, 0.05) is 42.7 Å². The Hall–Kier alpha value is -1.81. The summed E-state index contributed by atoms with van der Waals surface area (Å²) in [6, 6.07) is 7.04. The second-order valence-electron chi connectivity index (χ2n) is 6.66. The van der Waals surface area contributed by atoms with Gasteiger partial charge in [-0.25, -0.2) is 0 Å². The Morgan fingerprint density at radius 2 is 2.14 bits per heavy atom. The van der Waals surface area contributed by atoms with E-state index in [9.17, 15) is 4.79 Å². The number of rotatable bonds is 1. The molecular weight excluding hydrogens is 262 g/mol. The van der Waals surface area contributed by atoms with Crippen molar-refractivity contribution in [3.05, 3.63) is 35.5 Å². The molecule has 2 N–H and O–H groups in total. The van der Waals surface area contributed by atoms with Crippen LogP contribution in [0.15, 0.2) is 24.4 Å². The molecule has 1 saturated heterocycles. The van der Waals surface area contributed by atoms with Gasteiger partial charge in [0.1, 0.15) is 0 Å². The minimum absolute atomic E-state index is 0.0308. The van der Waals surface area contributed by atoms with Crippen molar-refractivity contribution in [3.63, 3.8) is 0 Å². The van der Waals surface area contributed by atoms with Gasteiger partial charge in [0.2, 0.25) is 5.91 Å². The Bertz CT molecular complexity index is 733. The van der Waals surface area contributed by atoms with Gasteiger partial charge in [-0.1, -0.05) is 12.1 Å².